The quantitative estimate of drug-likeness (QED) is 0.576. The van der Waals surface area contributed by atoms with E-state index in [0.29, 0.717) is 22.2 Å². The van der Waals surface area contributed by atoms with E-state index < -0.39 is 5.25 Å². The number of rotatable bonds is 6. The highest BCUT2D eigenvalue weighted by Crippen LogP contribution is 2.23. The summed E-state index contributed by atoms with van der Waals surface area (Å²) in [5, 5.41) is 12.9. The van der Waals surface area contributed by atoms with Crippen LogP contribution in [0.3, 0.4) is 0 Å². The Hall–Kier alpha value is -3.20. The summed E-state index contributed by atoms with van der Waals surface area (Å²) in [7, 11) is 1.56. The summed E-state index contributed by atoms with van der Waals surface area (Å²) in [5.74, 6) is -0.233. The number of carbonyl (C=O) groups is 2. The van der Waals surface area contributed by atoms with Crippen LogP contribution in [0.1, 0.15) is 12.0 Å². The van der Waals surface area contributed by atoms with Crippen LogP contribution in [0.25, 0.3) is 0 Å². The van der Waals surface area contributed by atoms with E-state index in [-0.39, 0.29) is 24.1 Å². The lowest BCUT2D eigenvalue weighted by Crippen LogP contribution is -2.28. The van der Waals surface area contributed by atoms with E-state index in [9.17, 15) is 14.0 Å². The van der Waals surface area contributed by atoms with Gasteiger partial charge in [0, 0.05) is 12.1 Å². The smallest absolute Gasteiger partial charge is 0.240 e. The zero-order valence-electron chi connectivity index (χ0n) is 14.9. The summed E-state index contributed by atoms with van der Waals surface area (Å²) in [4.78, 5) is 24.2. The molecule has 7 nitrogen and oxygen atoms in total. The SMILES string of the molecule is COc1ccc(NC(=O)CC2S/C(=N/N=C/c3ccc(F)cc3)NC2=O)cc1. The fourth-order valence-electron chi connectivity index (χ4n) is 2.34. The van der Waals surface area contributed by atoms with Crippen LogP contribution in [0.15, 0.2) is 58.7 Å². The fraction of sp³-hybridized carbons (Fsp3) is 0.158. The van der Waals surface area contributed by atoms with Gasteiger partial charge in [0.2, 0.25) is 11.8 Å². The topological polar surface area (TPSA) is 92.2 Å². The van der Waals surface area contributed by atoms with Crippen molar-refractivity contribution in [3.63, 3.8) is 0 Å². The van der Waals surface area contributed by atoms with E-state index in [4.69, 9.17) is 4.74 Å². The zero-order valence-corrected chi connectivity index (χ0v) is 15.7. The van der Waals surface area contributed by atoms with Crippen LogP contribution in [0, 0.1) is 5.82 Å². The number of halogens is 1. The molecule has 2 amide bonds. The Morgan fingerprint density at radius 3 is 2.64 bits per heavy atom. The second-order valence-corrected chi connectivity index (χ2v) is 6.97. The number of methoxy groups -OCH3 is 1. The van der Waals surface area contributed by atoms with Gasteiger partial charge in [0.25, 0.3) is 0 Å². The lowest BCUT2D eigenvalue weighted by molar-refractivity contribution is -0.122. The largest absolute Gasteiger partial charge is 0.497 e. The van der Waals surface area contributed by atoms with Gasteiger partial charge in [0.15, 0.2) is 5.17 Å². The molecule has 2 aromatic rings. The number of amidine groups is 1. The normalized spacial score (nSPS) is 17.7. The molecule has 1 heterocycles. The number of anilines is 1. The highest BCUT2D eigenvalue weighted by molar-refractivity contribution is 8.15. The molecule has 0 aliphatic carbocycles. The average Bonchev–Trinajstić information content (AvgIpc) is 3.03. The summed E-state index contributed by atoms with van der Waals surface area (Å²) in [6.07, 6.45) is 1.45. The first-order valence-corrected chi connectivity index (χ1v) is 9.19. The van der Waals surface area contributed by atoms with Crippen LogP contribution >= 0.6 is 11.8 Å². The third-order valence-corrected chi connectivity index (χ3v) is 4.82. The van der Waals surface area contributed by atoms with Gasteiger partial charge in [-0.2, -0.15) is 5.10 Å². The van der Waals surface area contributed by atoms with Crippen LogP contribution in [0.5, 0.6) is 5.75 Å². The van der Waals surface area contributed by atoms with Crippen LogP contribution < -0.4 is 15.4 Å². The molecule has 1 fully saturated rings. The molecule has 0 bridgehead atoms. The monoisotopic (exact) mass is 400 g/mol. The number of thioether (sulfide) groups is 1. The maximum Gasteiger partial charge on any atom is 0.240 e. The van der Waals surface area contributed by atoms with Crippen molar-refractivity contribution in [2.75, 3.05) is 12.4 Å². The molecular formula is C19H17FN4O3S. The lowest BCUT2D eigenvalue weighted by Gasteiger charge is -2.08. The first-order valence-electron chi connectivity index (χ1n) is 8.31. The van der Waals surface area contributed by atoms with Gasteiger partial charge < -0.3 is 15.4 Å². The number of benzene rings is 2. The van der Waals surface area contributed by atoms with Gasteiger partial charge >= 0.3 is 0 Å². The van der Waals surface area contributed by atoms with Crippen molar-refractivity contribution in [3.8, 4) is 5.75 Å². The number of hydrogen-bond acceptors (Lipinski definition) is 6. The number of ether oxygens (including phenoxy) is 1. The van der Waals surface area contributed by atoms with Crippen molar-refractivity contribution in [1.29, 1.82) is 0 Å². The Bertz CT molecular complexity index is 914. The minimum atomic E-state index is -0.585. The summed E-state index contributed by atoms with van der Waals surface area (Å²) in [6.45, 7) is 0. The summed E-state index contributed by atoms with van der Waals surface area (Å²) >= 11 is 1.14. The molecule has 2 aromatic carbocycles. The molecule has 0 aromatic heterocycles. The number of hydrogen-bond donors (Lipinski definition) is 2. The van der Waals surface area contributed by atoms with Gasteiger partial charge in [-0.25, -0.2) is 4.39 Å². The predicted octanol–water partition coefficient (Wildman–Crippen LogP) is 2.78. The fourth-order valence-corrected chi connectivity index (χ4v) is 3.26. The molecule has 0 spiro atoms. The van der Waals surface area contributed by atoms with E-state index in [1.807, 2.05) is 0 Å². The highest BCUT2D eigenvalue weighted by atomic mass is 32.2. The first-order chi connectivity index (χ1) is 13.5. The van der Waals surface area contributed by atoms with Gasteiger partial charge in [-0.1, -0.05) is 23.9 Å². The van der Waals surface area contributed by atoms with E-state index in [1.54, 1.807) is 43.5 Å². The van der Waals surface area contributed by atoms with Crippen LogP contribution in [-0.4, -0.2) is 35.6 Å². The molecule has 1 atom stereocenters. The number of carbonyl (C=O) groups excluding carboxylic acids is 2. The molecule has 1 unspecified atom stereocenters. The van der Waals surface area contributed by atoms with Gasteiger partial charge in [0.05, 0.1) is 13.3 Å². The second kappa shape index (κ2) is 9.14. The van der Waals surface area contributed by atoms with Crippen molar-refractivity contribution in [2.24, 2.45) is 10.2 Å². The van der Waals surface area contributed by atoms with E-state index in [2.05, 4.69) is 20.8 Å². The summed E-state index contributed by atoms with van der Waals surface area (Å²) < 4.78 is 17.9. The minimum absolute atomic E-state index is 0.00320. The van der Waals surface area contributed by atoms with Crippen LogP contribution in [-0.2, 0) is 9.59 Å². The summed E-state index contributed by atoms with van der Waals surface area (Å²) in [5.41, 5.74) is 1.29. The first kappa shape index (κ1) is 19.6. The summed E-state index contributed by atoms with van der Waals surface area (Å²) in [6, 6.07) is 12.7. The van der Waals surface area contributed by atoms with Crippen LogP contribution in [0.2, 0.25) is 0 Å². The molecule has 2 N–H and O–H groups in total. The molecule has 3 rings (SSSR count). The van der Waals surface area contributed by atoms with Crippen molar-refractivity contribution in [3.05, 3.63) is 59.9 Å². The van der Waals surface area contributed by atoms with Crippen molar-refractivity contribution >= 4 is 40.6 Å². The van der Waals surface area contributed by atoms with E-state index in [1.165, 1.54) is 18.3 Å². The maximum absolute atomic E-state index is 12.9. The lowest BCUT2D eigenvalue weighted by atomic mass is 10.2. The Labute approximate surface area is 165 Å². The number of nitrogens with zero attached hydrogens (tertiary/aromatic N) is 2. The van der Waals surface area contributed by atoms with Crippen molar-refractivity contribution < 1.29 is 18.7 Å². The van der Waals surface area contributed by atoms with Gasteiger partial charge in [0.1, 0.15) is 16.8 Å². The molecular weight excluding hydrogens is 383 g/mol. The molecule has 28 heavy (non-hydrogen) atoms. The molecule has 0 saturated carbocycles. The molecule has 144 valence electrons. The Kier molecular flexibility index (Phi) is 6.38. The Morgan fingerprint density at radius 2 is 1.96 bits per heavy atom. The van der Waals surface area contributed by atoms with Gasteiger partial charge in [-0.05, 0) is 42.0 Å². The predicted molar refractivity (Wildman–Crippen MR) is 107 cm³/mol. The van der Waals surface area contributed by atoms with Crippen molar-refractivity contribution in [2.45, 2.75) is 11.7 Å². The third kappa shape index (κ3) is 5.40. The average molecular weight is 400 g/mol. The Balaban J connectivity index is 1.53. The molecule has 1 aliphatic rings. The van der Waals surface area contributed by atoms with E-state index in [0.717, 1.165) is 11.8 Å². The second-order valence-electron chi connectivity index (χ2n) is 5.78. The zero-order chi connectivity index (χ0) is 19.9. The highest BCUT2D eigenvalue weighted by Gasteiger charge is 2.32. The van der Waals surface area contributed by atoms with Gasteiger partial charge in [-0.15, -0.1) is 5.10 Å². The molecule has 9 heteroatoms. The molecule has 1 aliphatic heterocycles. The van der Waals surface area contributed by atoms with Gasteiger partial charge in [-0.3, -0.25) is 9.59 Å². The Morgan fingerprint density at radius 1 is 1.25 bits per heavy atom. The number of nitrogens with one attached hydrogen (secondary N) is 2. The minimum Gasteiger partial charge on any atom is -0.497 e. The van der Waals surface area contributed by atoms with Crippen molar-refractivity contribution in [1.82, 2.24) is 5.32 Å². The molecule has 0 radical (unpaired) electrons. The van der Waals surface area contributed by atoms with Crippen LogP contribution in [0.4, 0.5) is 10.1 Å². The maximum atomic E-state index is 12.9. The molecule has 1 saturated heterocycles. The number of amides is 2. The third-order valence-electron chi connectivity index (χ3n) is 3.75. The van der Waals surface area contributed by atoms with E-state index >= 15 is 0 Å². The standard InChI is InChI=1S/C19H17FN4O3S/c1-27-15-8-6-14(7-9-15)22-17(25)10-16-18(26)23-19(28-16)24-21-11-12-2-4-13(20)5-3-12/h2-9,11,16H,10H2,1H3,(H,22,25)(H,23,24,26)/b21-11+.